The summed E-state index contributed by atoms with van der Waals surface area (Å²) in [6.45, 7) is 2.77. The summed E-state index contributed by atoms with van der Waals surface area (Å²) in [5.74, 6) is -0.215. The second-order valence-electron chi connectivity index (χ2n) is 6.02. The lowest BCUT2D eigenvalue weighted by atomic mass is 10.1. The number of carbonyl (C=O) groups is 1. The molecule has 2 N–H and O–H groups in total. The van der Waals surface area contributed by atoms with Crippen LogP contribution in [0.2, 0.25) is 0 Å². The number of benzene rings is 1. The standard InChI is InChI=1S/C19H22N4O2/c1-2-3-4-8-11-20-19(25)15-13-21-23-17(24)12-16(22-18(15)23)14-9-6-5-7-10-14/h5-7,9-10,12-13,22H,2-4,8,11H2,1H3,(H,20,25). The molecular weight excluding hydrogens is 316 g/mol. The minimum atomic E-state index is -0.269. The van der Waals surface area contributed by atoms with Gasteiger partial charge in [-0.25, -0.2) is 0 Å². The van der Waals surface area contributed by atoms with E-state index < -0.39 is 0 Å². The van der Waals surface area contributed by atoms with Gasteiger partial charge >= 0.3 is 0 Å². The monoisotopic (exact) mass is 338 g/mol. The third-order valence-corrected chi connectivity index (χ3v) is 4.14. The average molecular weight is 338 g/mol. The van der Waals surface area contributed by atoms with E-state index in [1.54, 1.807) is 0 Å². The number of carbonyl (C=O) groups excluding carboxylic acids is 1. The van der Waals surface area contributed by atoms with E-state index in [4.69, 9.17) is 0 Å². The highest BCUT2D eigenvalue weighted by Gasteiger charge is 2.15. The van der Waals surface area contributed by atoms with Gasteiger partial charge in [0.1, 0.15) is 5.56 Å². The Morgan fingerprint density at radius 1 is 1.20 bits per heavy atom. The maximum atomic E-state index is 12.4. The molecule has 6 heteroatoms. The fourth-order valence-electron chi connectivity index (χ4n) is 2.77. The number of hydrogen-bond donors (Lipinski definition) is 2. The van der Waals surface area contributed by atoms with E-state index in [1.807, 2.05) is 30.3 Å². The Hall–Kier alpha value is -2.89. The molecule has 1 amide bonds. The summed E-state index contributed by atoms with van der Waals surface area (Å²) >= 11 is 0. The van der Waals surface area contributed by atoms with E-state index in [0.29, 0.717) is 23.4 Å². The van der Waals surface area contributed by atoms with Crippen molar-refractivity contribution < 1.29 is 4.79 Å². The van der Waals surface area contributed by atoms with Gasteiger partial charge in [-0.15, -0.1) is 0 Å². The number of nitrogens with zero attached hydrogens (tertiary/aromatic N) is 2. The van der Waals surface area contributed by atoms with Crippen LogP contribution in [-0.2, 0) is 0 Å². The summed E-state index contributed by atoms with van der Waals surface area (Å²) in [6.07, 6.45) is 5.81. The lowest BCUT2D eigenvalue weighted by Gasteiger charge is -2.06. The van der Waals surface area contributed by atoms with E-state index in [2.05, 4.69) is 22.3 Å². The van der Waals surface area contributed by atoms with Gasteiger partial charge in [-0.1, -0.05) is 56.5 Å². The van der Waals surface area contributed by atoms with Crippen molar-refractivity contribution in [3.8, 4) is 11.3 Å². The molecule has 6 nitrogen and oxygen atoms in total. The molecule has 3 aromatic rings. The van der Waals surface area contributed by atoms with E-state index in [1.165, 1.54) is 23.2 Å². The first-order valence-corrected chi connectivity index (χ1v) is 8.65. The minimum absolute atomic E-state index is 0.215. The summed E-state index contributed by atoms with van der Waals surface area (Å²) in [7, 11) is 0. The largest absolute Gasteiger partial charge is 0.352 e. The fraction of sp³-hybridized carbons (Fsp3) is 0.316. The van der Waals surface area contributed by atoms with Gasteiger partial charge in [0.05, 0.1) is 11.9 Å². The van der Waals surface area contributed by atoms with Crippen molar-refractivity contribution in [2.45, 2.75) is 32.6 Å². The van der Waals surface area contributed by atoms with Gasteiger partial charge in [0, 0.05) is 12.6 Å². The van der Waals surface area contributed by atoms with Crippen LogP contribution < -0.4 is 10.9 Å². The van der Waals surface area contributed by atoms with E-state index in [-0.39, 0.29) is 11.5 Å². The number of unbranched alkanes of at least 4 members (excludes halogenated alkanes) is 3. The summed E-state index contributed by atoms with van der Waals surface area (Å²) < 4.78 is 1.22. The third kappa shape index (κ3) is 3.79. The number of rotatable bonds is 7. The highest BCUT2D eigenvalue weighted by Crippen LogP contribution is 2.16. The Morgan fingerprint density at radius 3 is 2.76 bits per heavy atom. The molecule has 0 aliphatic rings. The van der Waals surface area contributed by atoms with Crippen molar-refractivity contribution in [1.82, 2.24) is 19.9 Å². The second-order valence-corrected chi connectivity index (χ2v) is 6.02. The van der Waals surface area contributed by atoms with Crippen molar-refractivity contribution >= 4 is 11.6 Å². The number of H-pyrrole nitrogens is 1. The highest BCUT2D eigenvalue weighted by molar-refractivity contribution is 5.99. The number of fused-ring (bicyclic) bond motifs is 1. The van der Waals surface area contributed by atoms with Gasteiger partial charge in [0.15, 0.2) is 5.65 Å². The lowest BCUT2D eigenvalue weighted by molar-refractivity contribution is 0.0954. The Kier molecular flexibility index (Phi) is 5.28. The first kappa shape index (κ1) is 17.0. The summed E-state index contributed by atoms with van der Waals surface area (Å²) in [6, 6.07) is 11.0. The molecule has 0 atom stereocenters. The van der Waals surface area contributed by atoms with Gasteiger partial charge < -0.3 is 10.3 Å². The summed E-state index contributed by atoms with van der Waals surface area (Å²) in [5, 5.41) is 6.94. The van der Waals surface area contributed by atoms with Crippen molar-refractivity contribution in [2.75, 3.05) is 6.54 Å². The number of amides is 1. The Morgan fingerprint density at radius 2 is 2.00 bits per heavy atom. The summed E-state index contributed by atoms with van der Waals surface area (Å²) in [5.41, 5.74) is 2.07. The maximum Gasteiger partial charge on any atom is 0.274 e. The van der Waals surface area contributed by atoms with Crippen LogP contribution in [0.4, 0.5) is 0 Å². The molecule has 0 fully saturated rings. The van der Waals surface area contributed by atoms with Gasteiger partial charge in [-0.05, 0) is 12.0 Å². The molecule has 0 bridgehead atoms. The number of hydrogen-bond acceptors (Lipinski definition) is 3. The molecule has 3 rings (SSSR count). The molecule has 1 aromatic carbocycles. The average Bonchev–Trinajstić information content (AvgIpc) is 3.07. The molecule has 0 radical (unpaired) electrons. The Balaban J connectivity index is 1.86. The third-order valence-electron chi connectivity index (χ3n) is 4.14. The minimum Gasteiger partial charge on any atom is -0.352 e. The topological polar surface area (TPSA) is 79.3 Å². The number of nitrogens with one attached hydrogen (secondary N) is 2. The van der Waals surface area contributed by atoms with E-state index in [0.717, 1.165) is 24.8 Å². The molecule has 2 aromatic heterocycles. The van der Waals surface area contributed by atoms with Crippen LogP contribution in [0.3, 0.4) is 0 Å². The molecule has 0 spiro atoms. The fourth-order valence-corrected chi connectivity index (χ4v) is 2.77. The molecule has 0 aliphatic carbocycles. The van der Waals surface area contributed by atoms with Crippen LogP contribution in [-0.4, -0.2) is 27.0 Å². The van der Waals surface area contributed by atoms with Crippen LogP contribution in [0.1, 0.15) is 43.0 Å². The molecular formula is C19H22N4O2. The van der Waals surface area contributed by atoms with Crippen molar-refractivity contribution in [2.24, 2.45) is 0 Å². The first-order valence-electron chi connectivity index (χ1n) is 8.65. The molecule has 0 aliphatic heterocycles. The lowest BCUT2D eigenvalue weighted by Crippen LogP contribution is -2.25. The van der Waals surface area contributed by atoms with Crippen LogP contribution in [0.15, 0.2) is 47.4 Å². The molecule has 0 saturated heterocycles. The maximum absolute atomic E-state index is 12.4. The molecule has 0 unspecified atom stereocenters. The Bertz CT molecular complexity index is 912. The highest BCUT2D eigenvalue weighted by atomic mass is 16.2. The number of aromatic nitrogens is 3. The Labute approximate surface area is 145 Å². The van der Waals surface area contributed by atoms with E-state index in [9.17, 15) is 9.59 Å². The molecule has 25 heavy (non-hydrogen) atoms. The van der Waals surface area contributed by atoms with Crippen LogP contribution in [0.25, 0.3) is 16.9 Å². The van der Waals surface area contributed by atoms with Crippen LogP contribution in [0.5, 0.6) is 0 Å². The normalized spacial score (nSPS) is 10.9. The van der Waals surface area contributed by atoms with Gasteiger partial charge in [0.2, 0.25) is 0 Å². The predicted octanol–water partition coefficient (Wildman–Crippen LogP) is 3.00. The van der Waals surface area contributed by atoms with E-state index >= 15 is 0 Å². The number of aromatic amines is 1. The zero-order chi connectivity index (χ0) is 17.6. The molecule has 0 saturated carbocycles. The molecule has 2 heterocycles. The first-order chi connectivity index (χ1) is 12.2. The van der Waals surface area contributed by atoms with Gasteiger partial charge in [-0.2, -0.15) is 9.61 Å². The second kappa shape index (κ2) is 7.79. The van der Waals surface area contributed by atoms with Crippen LogP contribution in [0, 0.1) is 0 Å². The van der Waals surface area contributed by atoms with Gasteiger partial charge in [-0.3, -0.25) is 9.59 Å². The summed E-state index contributed by atoms with van der Waals surface area (Å²) in [4.78, 5) is 27.9. The van der Waals surface area contributed by atoms with Gasteiger partial charge in [0.25, 0.3) is 11.5 Å². The SMILES string of the molecule is CCCCCCNC(=O)c1cnn2c(=O)cc(-c3ccccc3)[nH]c12. The quantitative estimate of drug-likeness (QED) is 0.650. The van der Waals surface area contributed by atoms with Crippen LogP contribution >= 0.6 is 0 Å². The molecule has 130 valence electrons. The van der Waals surface area contributed by atoms with Crippen molar-refractivity contribution in [3.63, 3.8) is 0 Å². The van der Waals surface area contributed by atoms with Crippen molar-refractivity contribution in [1.29, 1.82) is 0 Å². The smallest absolute Gasteiger partial charge is 0.274 e. The zero-order valence-electron chi connectivity index (χ0n) is 14.3. The zero-order valence-corrected chi connectivity index (χ0v) is 14.3. The van der Waals surface area contributed by atoms with Crippen molar-refractivity contribution in [3.05, 3.63) is 58.5 Å². The predicted molar refractivity (Wildman–Crippen MR) is 97.7 cm³/mol.